The molecule has 4 nitrogen and oxygen atoms in total. The summed E-state index contributed by atoms with van der Waals surface area (Å²) in [6, 6.07) is 0. The molecule has 0 saturated carbocycles. The molecule has 0 aromatic carbocycles. The molecule has 11 heavy (non-hydrogen) atoms. The average molecular weight is 175 g/mol. The zero-order chi connectivity index (χ0) is 8.43. The topological polar surface area (TPSA) is 55.1 Å². The molecular weight excluding hydrogens is 168 g/mol. The first-order valence-corrected chi connectivity index (χ1v) is 3.49. The van der Waals surface area contributed by atoms with E-state index in [-0.39, 0.29) is 10.7 Å². The number of rotatable bonds is 2. The Morgan fingerprint density at radius 1 is 1.91 bits per heavy atom. The van der Waals surface area contributed by atoms with Gasteiger partial charge in [-0.05, 0) is 6.92 Å². The molecule has 0 aliphatic carbocycles. The van der Waals surface area contributed by atoms with E-state index < -0.39 is 5.97 Å². The number of carbonyl (C=O) groups is 1. The van der Waals surface area contributed by atoms with Crippen molar-refractivity contribution in [3.05, 3.63) is 16.9 Å². The smallest absolute Gasteiger partial charge is 0.355 e. The summed E-state index contributed by atoms with van der Waals surface area (Å²) in [4.78, 5) is 10.5. The van der Waals surface area contributed by atoms with E-state index in [0.717, 1.165) is 0 Å². The van der Waals surface area contributed by atoms with Gasteiger partial charge in [0.15, 0.2) is 5.69 Å². The van der Waals surface area contributed by atoms with Crippen LogP contribution in [0.15, 0.2) is 6.20 Å². The number of carboxylic acid groups (broad SMARTS) is 1. The van der Waals surface area contributed by atoms with Crippen molar-refractivity contribution in [2.45, 2.75) is 13.5 Å². The number of halogens is 1. The van der Waals surface area contributed by atoms with Gasteiger partial charge >= 0.3 is 5.97 Å². The molecule has 0 amide bonds. The lowest BCUT2D eigenvalue weighted by Gasteiger charge is -1.97. The van der Waals surface area contributed by atoms with E-state index in [2.05, 4.69) is 5.10 Å². The van der Waals surface area contributed by atoms with Crippen molar-refractivity contribution in [2.24, 2.45) is 0 Å². The fraction of sp³-hybridized carbons (Fsp3) is 0.333. The molecule has 1 aromatic heterocycles. The van der Waals surface area contributed by atoms with E-state index in [1.165, 1.54) is 10.9 Å². The number of nitrogens with zero attached hydrogens (tertiary/aromatic N) is 2. The van der Waals surface area contributed by atoms with E-state index in [0.29, 0.717) is 6.54 Å². The normalized spacial score (nSPS) is 10.0. The Labute approximate surface area is 68.4 Å². The molecule has 5 heteroatoms. The fourth-order valence-electron chi connectivity index (χ4n) is 0.815. The minimum atomic E-state index is -1.05. The molecule has 0 aliphatic rings. The first-order chi connectivity index (χ1) is 5.16. The molecule has 0 saturated heterocycles. The Balaban J connectivity index is 3.17. The van der Waals surface area contributed by atoms with E-state index in [1.807, 2.05) is 0 Å². The van der Waals surface area contributed by atoms with Gasteiger partial charge in [0.05, 0.1) is 11.2 Å². The lowest BCUT2D eigenvalue weighted by atomic mass is 10.4. The summed E-state index contributed by atoms with van der Waals surface area (Å²) in [5.41, 5.74) is 0.0502. The lowest BCUT2D eigenvalue weighted by molar-refractivity contribution is 0.0683. The quantitative estimate of drug-likeness (QED) is 0.734. The maximum Gasteiger partial charge on any atom is 0.355 e. The van der Waals surface area contributed by atoms with Crippen LogP contribution in [0.5, 0.6) is 0 Å². The van der Waals surface area contributed by atoms with Crippen LogP contribution < -0.4 is 0 Å². The zero-order valence-electron chi connectivity index (χ0n) is 5.91. The molecule has 0 atom stereocenters. The number of aryl methyl sites for hydroxylation is 1. The Bertz CT molecular complexity index is 282. The predicted octanol–water partition coefficient (Wildman–Crippen LogP) is 1.25. The van der Waals surface area contributed by atoms with Gasteiger partial charge in [0.1, 0.15) is 0 Å². The highest BCUT2D eigenvalue weighted by atomic mass is 35.5. The van der Waals surface area contributed by atoms with Crippen LogP contribution in [0.25, 0.3) is 0 Å². The van der Waals surface area contributed by atoms with Crippen LogP contribution in [0.4, 0.5) is 0 Å². The number of aromatic carboxylic acids is 1. The minimum absolute atomic E-state index is 0.0502. The van der Waals surface area contributed by atoms with E-state index in [1.54, 1.807) is 6.92 Å². The summed E-state index contributed by atoms with van der Waals surface area (Å²) < 4.78 is 1.34. The van der Waals surface area contributed by atoms with E-state index in [4.69, 9.17) is 16.7 Å². The van der Waals surface area contributed by atoms with Crippen LogP contribution in [-0.2, 0) is 6.54 Å². The second-order valence-corrected chi connectivity index (χ2v) is 2.37. The third kappa shape index (κ3) is 1.35. The van der Waals surface area contributed by atoms with Gasteiger partial charge in [-0.2, -0.15) is 5.10 Å². The SMILES string of the molecule is CCn1ncc(Cl)c1C(=O)O. The summed E-state index contributed by atoms with van der Waals surface area (Å²) in [5, 5.41) is 12.6. The van der Waals surface area contributed by atoms with Gasteiger partial charge in [0.2, 0.25) is 0 Å². The van der Waals surface area contributed by atoms with Crippen LogP contribution in [0, 0.1) is 0 Å². The molecule has 0 unspecified atom stereocenters. The first-order valence-electron chi connectivity index (χ1n) is 3.11. The molecule has 1 rings (SSSR count). The molecule has 1 aromatic rings. The summed E-state index contributed by atoms with van der Waals surface area (Å²) in [7, 11) is 0. The van der Waals surface area contributed by atoms with E-state index in [9.17, 15) is 4.79 Å². The maximum atomic E-state index is 10.5. The zero-order valence-corrected chi connectivity index (χ0v) is 6.67. The Kier molecular flexibility index (Phi) is 2.14. The Morgan fingerprint density at radius 2 is 2.55 bits per heavy atom. The molecule has 60 valence electrons. The highest BCUT2D eigenvalue weighted by Gasteiger charge is 2.14. The van der Waals surface area contributed by atoms with Gasteiger partial charge < -0.3 is 5.11 Å². The fourth-order valence-corrected chi connectivity index (χ4v) is 1.04. The summed E-state index contributed by atoms with van der Waals surface area (Å²) >= 11 is 5.55. The van der Waals surface area contributed by atoms with Gasteiger partial charge in [0, 0.05) is 6.54 Å². The van der Waals surface area contributed by atoms with Crippen molar-refractivity contribution in [3.63, 3.8) is 0 Å². The number of carboxylic acids is 1. The van der Waals surface area contributed by atoms with Gasteiger partial charge in [-0.3, -0.25) is 4.68 Å². The highest BCUT2D eigenvalue weighted by molar-refractivity contribution is 6.33. The van der Waals surface area contributed by atoms with Gasteiger partial charge in [-0.25, -0.2) is 4.79 Å². The molecule has 1 N–H and O–H groups in total. The lowest BCUT2D eigenvalue weighted by Crippen LogP contribution is -2.08. The molecule has 0 spiro atoms. The largest absolute Gasteiger partial charge is 0.476 e. The molecule has 1 heterocycles. The van der Waals surface area contributed by atoms with Crippen LogP contribution in [-0.4, -0.2) is 20.9 Å². The van der Waals surface area contributed by atoms with Crippen molar-refractivity contribution < 1.29 is 9.90 Å². The summed E-state index contributed by atoms with van der Waals surface area (Å²) in [5.74, 6) is -1.05. The molecule has 0 radical (unpaired) electrons. The van der Waals surface area contributed by atoms with Gasteiger partial charge in [-0.15, -0.1) is 0 Å². The second-order valence-electron chi connectivity index (χ2n) is 1.96. The standard InChI is InChI=1S/C6H7ClN2O2/c1-2-9-5(6(10)11)4(7)3-8-9/h3H,2H2,1H3,(H,10,11). The third-order valence-electron chi connectivity index (χ3n) is 1.30. The molecule has 0 bridgehead atoms. The molecule has 0 aliphatic heterocycles. The monoisotopic (exact) mass is 174 g/mol. The van der Waals surface area contributed by atoms with Gasteiger partial charge in [0.25, 0.3) is 0 Å². The number of hydrogen-bond acceptors (Lipinski definition) is 2. The molecule has 0 fully saturated rings. The average Bonchev–Trinajstić information content (AvgIpc) is 2.30. The summed E-state index contributed by atoms with van der Waals surface area (Å²) in [6.45, 7) is 2.31. The van der Waals surface area contributed by atoms with Crippen LogP contribution in [0.3, 0.4) is 0 Å². The van der Waals surface area contributed by atoms with Crippen molar-refractivity contribution in [1.82, 2.24) is 9.78 Å². The Morgan fingerprint density at radius 3 is 2.91 bits per heavy atom. The second kappa shape index (κ2) is 2.92. The van der Waals surface area contributed by atoms with Crippen molar-refractivity contribution in [2.75, 3.05) is 0 Å². The van der Waals surface area contributed by atoms with Crippen LogP contribution >= 0.6 is 11.6 Å². The van der Waals surface area contributed by atoms with Crippen molar-refractivity contribution in [1.29, 1.82) is 0 Å². The molecular formula is C6H7ClN2O2. The van der Waals surface area contributed by atoms with Crippen molar-refractivity contribution >= 4 is 17.6 Å². The highest BCUT2D eigenvalue weighted by Crippen LogP contribution is 2.14. The number of hydrogen-bond donors (Lipinski definition) is 1. The first kappa shape index (κ1) is 8.07. The van der Waals surface area contributed by atoms with Crippen LogP contribution in [0.1, 0.15) is 17.4 Å². The number of aromatic nitrogens is 2. The Hall–Kier alpha value is -1.03. The predicted molar refractivity (Wildman–Crippen MR) is 39.9 cm³/mol. The van der Waals surface area contributed by atoms with Crippen LogP contribution in [0.2, 0.25) is 5.02 Å². The summed E-state index contributed by atoms with van der Waals surface area (Å²) in [6.07, 6.45) is 1.33. The van der Waals surface area contributed by atoms with E-state index >= 15 is 0 Å². The van der Waals surface area contributed by atoms with Crippen molar-refractivity contribution in [3.8, 4) is 0 Å². The third-order valence-corrected chi connectivity index (χ3v) is 1.57. The maximum absolute atomic E-state index is 10.5. The minimum Gasteiger partial charge on any atom is -0.476 e. The van der Waals surface area contributed by atoms with Gasteiger partial charge in [-0.1, -0.05) is 11.6 Å².